The molecule has 0 aromatic rings. The Balaban J connectivity index is 1.94. The van der Waals surface area contributed by atoms with Crippen LogP contribution in [0.2, 0.25) is 0 Å². The third kappa shape index (κ3) is 1.11. The molecule has 1 N–H and O–H groups in total. The van der Waals surface area contributed by atoms with E-state index in [0.29, 0.717) is 12.3 Å². The van der Waals surface area contributed by atoms with Crippen molar-refractivity contribution in [3.05, 3.63) is 11.1 Å². The van der Waals surface area contributed by atoms with Crippen molar-refractivity contribution in [1.82, 2.24) is 5.32 Å². The molecule has 0 spiro atoms. The van der Waals surface area contributed by atoms with E-state index in [4.69, 9.17) is 0 Å². The van der Waals surface area contributed by atoms with Crippen LogP contribution in [0.3, 0.4) is 0 Å². The fraction of sp³-hybridized carbons (Fsp3) is 0.636. The highest BCUT2D eigenvalue weighted by Gasteiger charge is 2.44. The highest BCUT2D eigenvalue weighted by molar-refractivity contribution is 6.13. The molecule has 3 fully saturated rings. The average Bonchev–Trinajstić information content (AvgIpc) is 2.86. The average molecular weight is 191 g/mol. The first-order valence-electron chi connectivity index (χ1n) is 5.32. The van der Waals surface area contributed by atoms with Crippen LogP contribution in [0.25, 0.3) is 0 Å². The lowest BCUT2D eigenvalue weighted by Gasteiger charge is -2.14. The molecule has 2 saturated carbocycles. The lowest BCUT2D eigenvalue weighted by molar-refractivity contribution is -0.124. The van der Waals surface area contributed by atoms with Crippen LogP contribution in [-0.2, 0) is 9.59 Å². The SMILES string of the molecule is O=C1C/C(=C2\CCCC3CC23)C(=O)N1. The topological polar surface area (TPSA) is 46.2 Å². The van der Waals surface area contributed by atoms with Crippen molar-refractivity contribution in [3.8, 4) is 0 Å². The number of allylic oxidation sites excluding steroid dienone is 1. The number of nitrogens with one attached hydrogen (secondary N) is 1. The third-order valence-corrected chi connectivity index (χ3v) is 3.64. The largest absolute Gasteiger partial charge is 0.292 e. The van der Waals surface area contributed by atoms with Gasteiger partial charge in [-0.3, -0.25) is 14.9 Å². The Morgan fingerprint density at radius 2 is 2.14 bits per heavy atom. The van der Waals surface area contributed by atoms with Crippen molar-refractivity contribution in [2.24, 2.45) is 11.8 Å². The lowest BCUT2D eigenvalue weighted by Crippen LogP contribution is -2.20. The molecule has 2 amide bonds. The van der Waals surface area contributed by atoms with E-state index >= 15 is 0 Å². The molecular formula is C11H13NO2. The van der Waals surface area contributed by atoms with Crippen molar-refractivity contribution >= 4 is 11.8 Å². The van der Waals surface area contributed by atoms with Crippen molar-refractivity contribution in [2.45, 2.75) is 32.1 Å². The minimum Gasteiger partial charge on any atom is -0.292 e. The molecule has 3 nitrogen and oxygen atoms in total. The monoisotopic (exact) mass is 191 g/mol. The van der Waals surface area contributed by atoms with E-state index in [-0.39, 0.29) is 11.8 Å². The van der Waals surface area contributed by atoms with Gasteiger partial charge in [0.1, 0.15) is 0 Å². The summed E-state index contributed by atoms with van der Waals surface area (Å²) in [6.07, 6.45) is 5.13. The van der Waals surface area contributed by atoms with E-state index < -0.39 is 0 Å². The van der Waals surface area contributed by atoms with E-state index in [9.17, 15) is 9.59 Å². The van der Waals surface area contributed by atoms with Gasteiger partial charge in [0.05, 0.1) is 6.42 Å². The van der Waals surface area contributed by atoms with Crippen LogP contribution in [0, 0.1) is 11.8 Å². The first-order chi connectivity index (χ1) is 6.75. The first kappa shape index (κ1) is 8.21. The summed E-state index contributed by atoms with van der Waals surface area (Å²) in [5, 5.41) is 2.37. The number of carbonyl (C=O) groups excluding carboxylic acids is 2. The summed E-state index contributed by atoms with van der Waals surface area (Å²) in [7, 11) is 0. The maximum Gasteiger partial charge on any atom is 0.254 e. The van der Waals surface area contributed by atoms with E-state index in [1.165, 1.54) is 24.8 Å². The molecule has 3 rings (SSSR count). The highest BCUT2D eigenvalue weighted by Crippen LogP contribution is 2.53. The standard InChI is InChI=1S/C11H13NO2/c13-10-5-9(11(14)12-10)7-3-1-2-6-4-8(6)7/h6,8H,1-5H2,(H,12,13,14)/b9-7-. The Hall–Kier alpha value is -1.12. The van der Waals surface area contributed by atoms with Gasteiger partial charge in [0.2, 0.25) is 5.91 Å². The number of hydrogen-bond acceptors (Lipinski definition) is 2. The summed E-state index contributed by atoms with van der Waals surface area (Å²) >= 11 is 0. The molecule has 3 heteroatoms. The van der Waals surface area contributed by atoms with Crippen molar-refractivity contribution in [2.75, 3.05) is 0 Å². The maximum absolute atomic E-state index is 11.5. The fourth-order valence-electron chi connectivity index (χ4n) is 2.85. The predicted molar refractivity (Wildman–Crippen MR) is 50.2 cm³/mol. The van der Waals surface area contributed by atoms with Crippen molar-refractivity contribution in [3.63, 3.8) is 0 Å². The maximum atomic E-state index is 11.5. The summed E-state index contributed by atoms with van der Waals surface area (Å²) in [4.78, 5) is 22.5. The summed E-state index contributed by atoms with van der Waals surface area (Å²) in [5.74, 6) is 1.22. The Morgan fingerprint density at radius 3 is 2.86 bits per heavy atom. The van der Waals surface area contributed by atoms with Gasteiger partial charge in [0, 0.05) is 5.57 Å². The first-order valence-corrected chi connectivity index (χ1v) is 5.32. The Morgan fingerprint density at radius 1 is 1.29 bits per heavy atom. The zero-order valence-corrected chi connectivity index (χ0v) is 8.01. The van der Waals surface area contributed by atoms with Crippen LogP contribution < -0.4 is 5.32 Å². The van der Waals surface area contributed by atoms with Gasteiger partial charge in [-0.25, -0.2) is 0 Å². The van der Waals surface area contributed by atoms with Crippen LogP contribution in [0.4, 0.5) is 0 Å². The van der Waals surface area contributed by atoms with Crippen molar-refractivity contribution in [1.29, 1.82) is 0 Å². The van der Waals surface area contributed by atoms with E-state index in [0.717, 1.165) is 17.9 Å². The van der Waals surface area contributed by atoms with Gasteiger partial charge in [0.25, 0.3) is 5.91 Å². The van der Waals surface area contributed by atoms with Gasteiger partial charge >= 0.3 is 0 Å². The molecule has 1 aliphatic heterocycles. The van der Waals surface area contributed by atoms with Crippen LogP contribution in [0.1, 0.15) is 32.1 Å². The molecule has 3 aliphatic rings. The lowest BCUT2D eigenvalue weighted by atomic mass is 9.90. The molecule has 1 saturated heterocycles. The number of hydrogen-bond donors (Lipinski definition) is 1. The second kappa shape index (κ2) is 2.69. The van der Waals surface area contributed by atoms with Gasteiger partial charge in [-0.2, -0.15) is 0 Å². The Kier molecular flexibility index (Phi) is 1.58. The number of amides is 2. The summed E-state index contributed by atoms with van der Waals surface area (Å²) in [6, 6.07) is 0. The molecular weight excluding hydrogens is 178 g/mol. The summed E-state index contributed by atoms with van der Waals surface area (Å²) in [6.45, 7) is 0. The van der Waals surface area contributed by atoms with Gasteiger partial charge in [-0.15, -0.1) is 0 Å². The van der Waals surface area contributed by atoms with Crippen LogP contribution in [0.5, 0.6) is 0 Å². The molecule has 2 aliphatic carbocycles. The molecule has 0 radical (unpaired) electrons. The van der Waals surface area contributed by atoms with E-state index in [2.05, 4.69) is 5.32 Å². The van der Waals surface area contributed by atoms with Gasteiger partial charge in [-0.05, 0) is 37.5 Å². The zero-order chi connectivity index (χ0) is 9.71. The van der Waals surface area contributed by atoms with Gasteiger partial charge in [-0.1, -0.05) is 5.57 Å². The number of fused-ring (bicyclic) bond motifs is 1. The summed E-state index contributed by atoms with van der Waals surface area (Å²) < 4.78 is 0. The highest BCUT2D eigenvalue weighted by atomic mass is 16.2. The number of rotatable bonds is 0. The summed E-state index contributed by atoms with van der Waals surface area (Å²) in [5.41, 5.74) is 2.09. The molecule has 2 unspecified atom stereocenters. The number of imide groups is 1. The molecule has 14 heavy (non-hydrogen) atoms. The van der Waals surface area contributed by atoms with E-state index in [1.54, 1.807) is 0 Å². The second-order valence-electron chi connectivity index (χ2n) is 4.55. The minimum absolute atomic E-state index is 0.125. The Labute approximate surface area is 82.6 Å². The van der Waals surface area contributed by atoms with Crippen LogP contribution in [0.15, 0.2) is 11.1 Å². The zero-order valence-electron chi connectivity index (χ0n) is 8.01. The molecule has 0 bridgehead atoms. The van der Waals surface area contributed by atoms with Gasteiger partial charge in [0.15, 0.2) is 0 Å². The number of carbonyl (C=O) groups is 2. The molecule has 0 aromatic carbocycles. The molecule has 2 atom stereocenters. The third-order valence-electron chi connectivity index (χ3n) is 3.64. The quantitative estimate of drug-likeness (QED) is 0.461. The second-order valence-corrected chi connectivity index (χ2v) is 4.55. The van der Waals surface area contributed by atoms with Crippen LogP contribution >= 0.6 is 0 Å². The molecule has 74 valence electrons. The van der Waals surface area contributed by atoms with Gasteiger partial charge < -0.3 is 0 Å². The smallest absolute Gasteiger partial charge is 0.254 e. The fourth-order valence-corrected chi connectivity index (χ4v) is 2.85. The van der Waals surface area contributed by atoms with Crippen molar-refractivity contribution < 1.29 is 9.59 Å². The van der Waals surface area contributed by atoms with Crippen LogP contribution in [-0.4, -0.2) is 11.8 Å². The Bertz CT molecular complexity index is 356. The minimum atomic E-state index is -0.127. The molecule has 1 heterocycles. The van der Waals surface area contributed by atoms with E-state index in [1.807, 2.05) is 0 Å². The predicted octanol–water partition coefficient (Wildman–Crippen LogP) is 1.15. The molecule has 0 aromatic heterocycles. The normalized spacial score (nSPS) is 40.9.